The summed E-state index contributed by atoms with van der Waals surface area (Å²) in [5.41, 5.74) is 8.75. The maximum Gasteiger partial charge on any atom is 0.232 e. The van der Waals surface area contributed by atoms with Gasteiger partial charge in [-0.15, -0.1) is 34.0 Å². The predicted octanol–water partition coefficient (Wildman–Crippen LogP) is 18.5. The number of benzene rings is 10. The number of hydrogen-bond acceptors (Lipinski definition) is 4. The summed E-state index contributed by atoms with van der Waals surface area (Å²) in [6, 6.07) is 70.4. The van der Waals surface area contributed by atoms with Crippen LogP contribution >= 0.6 is 34.0 Å². The molecule has 16 aromatic rings. The first-order valence-electron chi connectivity index (χ1n) is 23.2. The molecule has 10 aromatic carbocycles. The van der Waals surface area contributed by atoms with Crippen molar-refractivity contribution in [3.8, 4) is 23.1 Å². The van der Waals surface area contributed by atoms with Crippen molar-refractivity contribution in [2.75, 3.05) is 0 Å². The number of thiophene rings is 3. The molecule has 0 bridgehead atoms. The number of aromatic nitrogens is 3. The van der Waals surface area contributed by atoms with E-state index in [0.29, 0.717) is 22.6 Å². The molecule has 6 aromatic heterocycles. The third-order valence-electron chi connectivity index (χ3n) is 14.7. The molecule has 0 saturated heterocycles. The highest BCUT2D eigenvalue weighted by Crippen LogP contribution is 2.50. The Labute approximate surface area is 410 Å². The van der Waals surface area contributed by atoms with Crippen molar-refractivity contribution in [2.45, 2.75) is 0 Å². The van der Waals surface area contributed by atoms with Gasteiger partial charge in [0.15, 0.2) is 0 Å². The van der Waals surface area contributed by atoms with Crippen LogP contribution in [0.2, 0.25) is 0 Å². The van der Waals surface area contributed by atoms with Crippen LogP contribution in [-0.4, -0.2) is 13.7 Å². The lowest BCUT2D eigenvalue weighted by Crippen LogP contribution is -2.08. The molecule has 0 aliphatic heterocycles. The Morgan fingerprint density at radius 2 is 0.700 bits per heavy atom. The van der Waals surface area contributed by atoms with Crippen LogP contribution < -0.4 is 0 Å². The van der Waals surface area contributed by atoms with E-state index in [9.17, 15) is 11.8 Å². The topological polar surface area (TPSA) is 42.9 Å². The minimum Gasteiger partial charge on any atom is -0.317 e. The first-order valence-corrected chi connectivity index (χ1v) is 25.6. The molecule has 0 aliphatic carbocycles. The van der Waals surface area contributed by atoms with Crippen LogP contribution in [0.5, 0.6) is 0 Å². The summed E-state index contributed by atoms with van der Waals surface area (Å²) in [7, 11) is 0. The van der Waals surface area contributed by atoms with Crippen LogP contribution in [0.25, 0.3) is 148 Å². The van der Waals surface area contributed by atoms with E-state index >= 15 is 0 Å². The second-order valence-corrected chi connectivity index (χ2v) is 21.4. The maximum absolute atomic E-state index is 11.8. The van der Waals surface area contributed by atoms with E-state index < -0.39 is 0 Å². The van der Waals surface area contributed by atoms with Crippen molar-refractivity contribution in [2.24, 2.45) is 0 Å². The van der Waals surface area contributed by atoms with E-state index in [1.54, 1.807) is 11.3 Å². The van der Waals surface area contributed by atoms with Crippen LogP contribution in [-0.2, 0) is 0 Å². The zero-order valence-electron chi connectivity index (χ0n) is 36.9. The third-order valence-corrected chi connectivity index (χ3v) is 18.1. The number of nitriles is 1. The number of hydrogen-bond donors (Lipinski definition) is 0. The van der Waals surface area contributed by atoms with E-state index in [2.05, 4.69) is 213 Å². The molecule has 16 rings (SSSR count). The zero-order valence-corrected chi connectivity index (χ0v) is 39.3. The Morgan fingerprint density at radius 1 is 0.343 bits per heavy atom. The standard InChI is InChI=1S/C62H31N5S3/c1-64-61-46(33-63)53(65-47-20-8-2-14-34(47)40-29-58-43(26-50(40)65)37-17-5-11-23-55(37)68-58)32-54(66-48-21-9-3-15-35(48)41-30-59-44(27-51(41)66)38-18-6-12-24-56(38)69-59)62(61)67-49-22-10-4-16-36(49)42-31-60-45(28-52(42)67)39-19-7-13-25-57(39)70-60/h2-32H. The maximum atomic E-state index is 11.8. The summed E-state index contributed by atoms with van der Waals surface area (Å²) in [5.74, 6) is 0. The van der Waals surface area contributed by atoms with Crippen LogP contribution in [0.4, 0.5) is 5.69 Å². The van der Waals surface area contributed by atoms with E-state index in [0.717, 1.165) is 71.1 Å². The fourth-order valence-electron chi connectivity index (χ4n) is 11.7. The summed E-state index contributed by atoms with van der Waals surface area (Å²) in [6.45, 7) is 9.36. The van der Waals surface area contributed by atoms with Gasteiger partial charge in [0, 0.05) is 92.8 Å². The molecule has 0 radical (unpaired) electrons. The first kappa shape index (κ1) is 38.2. The average molecular weight is 942 g/mol. The van der Waals surface area contributed by atoms with Crippen molar-refractivity contribution < 1.29 is 0 Å². The average Bonchev–Trinajstić information content (AvgIpc) is 4.25. The Balaban J connectivity index is 1.13. The monoisotopic (exact) mass is 941 g/mol. The van der Waals surface area contributed by atoms with Crippen molar-refractivity contribution in [1.82, 2.24) is 13.7 Å². The predicted molar refractivity (Wildman–Crippen MR) is 299 cm³/mol. The summed E-state index contributed by atoms with van der Waals surface area (Å²) in [4.78, 5) is 4.53. The van der Waals surface area contributed by atoms with Crippen LogP contribution in [0, 0.1) is 17.9 Å². The SMILES string of the molecule is [C-]#[N+]c1c(C#N)c(-n2c3ccccc3c3cc4sc5ccccc5c4cc32)cc(-n2c3ccccc3c3cc4sc5ccccc5c4cc32)c1-n1c2ccccc2c2cc3sc4ccccc4c3cc21. The highest BCUT2D eigenvalue weighted by molar-refractivity contribution is 7.26. The van der Waals surface area contributed by atoms with Gasteiger partial charge in [-0.25, -0.2) is 4.85 Å². The molecule has 0 atom stereocenters. The highest BCUT2D eigenvalue weighted by atomic mass is 32.1. The molecular weight excluding hydrogens is 911 g/mol. The van der Waals surface area contributed by atoms with Crippen LogP contribution in [0.3, 0.4) is 0 Å². The van der Waals surface area contributed by atoms with Crippen molar-refractivity contribution in [3.63, 3.8) is 0 Å². The number of nitrogens with zero attached hydrogens (tertiary/aromatic N) is 5. The van der Waals surface area contributed by atoms with Crippen LogP contribution in [0.1, 0.15) is 5.56 Å². The van der Waals surface area contributed by atoms with Crippen LogP contribution in [0.15, 0.2) is 188 Å². The number of fused-ring (bicyclic) bond motifs is 18. The molecule has 0 amide bonds. The van der Waals surface area contributed by atoms with Gasteiger partial charge >= 0.3 is 0 Å². The van der Waals surface area contributed by atoms with Gasteiger partial charge in [-0.1, -0.05) is 109 Å². The second-order valence-electron chi connectivity index (χ2n) is 18.2. The summed E-state index contributed by atoms with van der Waals surface area (Å²) < 4.78 is 14.3. The van der Waals surface area contributed by atoms with Crippen molar-refractivity contribution in [3.05, 3.63) is 205 Å². The largest absolute Gasteiger partial charge is 0.317 e. The zero-order chi connectivity index (χ0) is 45.9. The molecule has 8 heteroatoms. The van der Waals surface area contributed by atoms with Crippen molar-refractivity contribution >= 4 is 166 Å². The van der Waals surface area contributed by atoms with Gasteiger partial charge in [0.25, 0.3) is 0 Å². The van der Waals surface area contributed by atoms with Gasteiger partial charge in [-0.2, -0.15) is 5.26 Å². The molecule has 0 fully saturated rings. The lowest BCUT2D eigenvalue weighted by Gasteiger charge is -2.22. The molecule has 0 saturated carbocycles. The second kappa shape index (κ2) is 13.9. The Morgan fingerprint density at radius 3 is 1.11 bits per heavy atom. The minimum atomic E-state index is 0.300. The Bertz CT molecular complexity index is 5110. The summed E-state index contributed by atoms with van der Waals surface area (Å²) in [6.07, 6.45) is 0. The number of para-hydroxylation sites is 3. The molecular formula is C62H31N5S3. The molecule has 0 spiro atoms. The van der Waals surface area contributed by atoms with Gasteiger partial charge in [0.1, 0.15) is 0 Å². The molecule has 5 nitrogen and oxygen atoms in total. The minimum absolute atomic E-state index is 0.300. The van der Waals surface area contributed by atoms with Crippen molar-refractivity contribution in [1.29, 1.82) is 5.26 Å². The lowest BCUT2D eigenvalue weighted by molar-refractivity contribution is 1.08. The summed E-state index contributed by atoms with van der Waals surface area (Å²) in [5, 5.41) is 25.6. The van der Waals surface area contributed by atoms with E-state index in [1.807, 2.05) is 22.7 Å². The van der Waals surface area contributed by atoms with Gasteiger partial charge in [-0.3, -0.25) is 0 Å². The van der Waals surface area contributed by atoms with E-state index in [-0.39, 0.29) is 0 Å². The molecule has 0 N–H and O–H groups in total. The van der Waals surface area contributed by atoms with Gasteiger partial charge in [0.2, 0.25) is 5.69 Å². The van der Waals surface area contributed by atoms with E-state index in [1.165, 1.54) is 60.5 Å². The van der Waals surface area contributed by atoms with Gasteiger partial charge in [-0.05, 0) is 78.9 Å². The molecule has 322 valence electrons. The van der Waals surface area contributed by atoms with Gasteiger partial charge < -0.3 is 13.7 Å². The quantitative estimate of drug-likeness (QED) is 0.163. The fraction of sp³-hybridized carbons (Fsp3) is 0. The molecule has 0 aliphatic rings. The molecule has 6 heterocycles. The fourth-order valence-corrected chi connectivity index (χ4v) is 15.1. The first-order chi connectivity index (χ1) is 34.6. The Kier molecular flexibility index (Phi) is 7.60. The third kappa shape index (κ3) is 4.96. The van der Waals surface area contributed by atoms with Gasteiger partial charge in [0.05, 0.1) is 68.4 Å². The van der Waals surface area contributed by atoms with E-state index in [4.69, 9.17) is 0 Å². The normalized spacial score (nSPS) is 12.3. The lowest BCUT2D eigenvalue weighted by atomic mass is 10.0. The smallest absolute Gasteiger partial charge is 0.232 e. The summed E-state index contributed by atoms with van der Waals surface area (Å²) >= 11 is 5.44. The molecule has 70 heavy (non-hydrogen) atoms. The number of rotatable bonds is 3. The Hall–Kier alpha value is -8.76. The highest BCUT2D eigenvalue weighted by Gasteiger charge is 2.29. The molecule has 0 unspecified atom stereocenters.